The second-order valence-corrected chi connectivity index (χ2v) is 14.7. The molecule has 0 fully saturated rings. The maximum atomic E-state index is 13.8. The molecule has 0 spiro atoms. The summed E-state index contributed by atoms with van der Waals surface area (Å²) in [5.74, 6) is -3.82. The number of hydrogen-bond acceptors (Lipinski definition) is 4. The predicted octanol–water partition coefficient (Wildman–Crippen LogP) is 9.19. The molecule has 0 N–H and O–H groups in total. The topological polar surface area (TPSA) is 74.8 Å². The minimum atomic E-state index is -3.91. The molecule has 0 saturated heterocycles. The SMILES string of the molecule is CCN(c1ccc(F)[c-]c1F)S(=O)(=O)c1ccc(C)cc1.CCN(c1ccc(F)[c-]c1F)S(=O)(=O)c1ccc(C)cc1.[C-]1=CC=CC1.[C-]1=CC=CC1.[Ti+4]. The molecule has 0 saturated carbocycles. The molecule has 4 aromatic rings. The van der Waals surface area contributed by atoms with Gasteiger partial charge in [-0.2, -0.15) is 12.2 Å². The van der Waals surface area contributed by atoms with Crippen molar-refractivity contribution in [1.82, 2.24) is 0 Å². The molecule has 0 aliphatic heterocycles. The third kappa shape index (κ3) is 13.0. The summed E-state index contributed by atoms with van der Waals surface area (Å²) in [7, 11) is -7.81. The van der Waals surface area contributed by atoms with Gasteiger partial charge in [0.25, 0.3) is 20.0 Å². The summed E-state index contributed by atoms with van der Waals surface area (Å²) in [6.07, 6.45) is 20.0. The molecule has 0 aromatic heterocycles. The second-order valence-electron chi connectivity index (χ2n) is 11.0. The van der Waals surface area contributed by atoms with Gasteiger partial charge in [0.05, 0.1) is 9.79 Å². The van der Waals surface area contributed by atoms with Gasteiger partial charge in [-0.1, -0.05) is 35.4 Å². The van der Waals surface area contributed by atoms with E-state index in [1.807, 2.05) is 50.3 Å². The summed E-state index contributed by atoms with van der Waals surface area (Å²) >= 11 is 0. The number of nitrogens with zero attached hydrogens (tertiary/aromatic N) is 2. The molecule has 53 heavy (non-hydrogen) atoms. The van der Waals surface area contributed by atoms with E-state index in [1.165, 1.54) is 24.3 Å². The Kier molecular flexibility index (Phi) is 18.2. The summed E-state index contributed by atoms with van der Waals surface area (Å²) < 4.78 is 105. The van der Waals surface area contributed by atoms with Crippen LogP contribution in [0.4, 0.5) is 28.9 Å². The molecule has 6 rings (SSSR count). The molecule has 2 aliphatic rings. The molecule has 13 heteroatoms. The van der Waals surface area contributed by atoms with E-state index in [0.29, 0.717) is 0 Å². The van der Waals surface area contributed by atoms with Crippen LogP contribution in [0.3, 0.4) is 0 Å². The largest absolute Gasteiger partial charge is 4.00 e. The van der Waals surface area contributed by atoms with Crippen molar-refractivity contribution >= 4 is 31.4 Å². The fourth-order valence-corrected chi connectivity index (χ4v) is 7.50. The van der Waals surface area contributed by atoms with Gasteiger partial charge in [-0.25, -0.2) is 58.7 Å². The van der Waals surface area contributed by atoms with E-state index in [-0.39, 0.29) is 56.0 Å². The van der Waals surface area contributed by atoms with Gasteiger partial charge >= 0.3 is 21.7 Å². The molecule has 276 valence electrons. The number of sulfonamides is 2. The Balaban J connectivity index is 0.000000285. The molecule has 0 radical (unpaired) electrons. The van der Waals surface area contributed by atoms with E-state index in [9.17, 15) is 34.4 Å². The summed E-state index contributed by atoms with van der Waals surface area (Å²) in [6.45, 7) is 6.87. The zero-order valence-electron chi connectivity index (χ0n) is 29.6. The number of allylic oxidation sites excluding steroid dienone is 8. The molecule has 2 aliphatic carbocycles. The number of benzene rings is 4. The molecular formula is C40H38F4N2O4S2Ti. The van der Waals surface area contributed by atoms with Crippen LogP contribution in [0.2, 0.25) is 0 Å². The Labute approximate surface area is 325 Å². The van der Waals surface area contributed by atoms with E-state index in [0.717, 1.165) is 56.8 Å². The van der Waals surface area contributed by atoms with Gasteiger partial charge < -0.3 is 8.61 Å². The molecule has 0 atom stereocenters. The van der Waals surface area contributed by atoms with Gasteiger partial charge in [0, 0.05) is 36.4 Å². The molecule has 0 amide bonds. The molecule has 6 nitrogen and oxygen atoms in total. The van der Waals surface area contributed by atoms with E-state index < -0.39 is 43.3 Å². The Morgan fingerprint density at radius 1 is 0.566 bits per heavy atom. The number of rotatable bonds is 8. The van der Waals surface area contributed by atoms with E-state index in [4.69, 9.17) is 0 Å². The minimum Gasteiger partial charge on any atom is -0.317 e. The first-order valence-corrected chi connectivity index (χ1v) is 19.0. The standard InChI is InChI=1S/2C15H14F2NO2S.2C5H5.Ti/c2*1-3-18(15-9-6-12(16)10-14(15)17)21(19,20)13-7-4-11(2)5-8-13;2*1-2-4-5-3-1;/h2*4-9H,3H2,1-2H3;2*1-3H,4H2;/q4*-1;+4. The van der Waals surface area contributed by atoms with Crippen molar-refractivity contribution in [3.05, 3.63) is 168 Å². The van der Waals surface area contributed by atoms with Crippen LogP contribution < -0.4 is 8.61 Å². The summed E-state index contributed by atoms with van der Waals surface area (Å²) in [5.41, 5.74) is 1.38. The van der Waals surface area contributed by atoms with E-state index in [1.54, 1.807) is 38.1 Å². The predicted molar refractivity (Wildman–Crippen MR) is 196 cm³/mol. The number of halogens is 4. The van der Waals surface area contributed by atoms with Crippen molar-refractivity contribution in [2.24, 2.45) is 0 Å². The number of hydrogen-bond donors (Lipinski definition) is 0. The maximum Gasteiger partial charge on any atom is 4.00 e. The quantitative estimate of drug-likeness (QED) is 0.101. The van der Waals surface area contributed by atoms with Crippen LogP contribution in [0.25, 0.3) is 0 Å². The third-order valence-electron chi connectivity index (χ3n) is 7.18. The van der Waals surface area contributed by atoms with Crippen LogP contribution in [-0.2, 0) is 41.8 Å². The fraction of sp³-hybridized carbons (Fsp3) is 0.200. The average Bonchev–Trinajstić information content (AvgIpc) is 3.89. The van der Waals surface area contributed by atoms with Gasteiger partial charge in [-0.05, 0) is 63.3 Å². The van der Waals surface area contributed by atoms with Crippen LogP contribution in [0.15, 0.2) is 119 Å². The van der Waals surface area contributed by atoms with E-state index >= 15 is 0 Å². The second kappa shape index (κ2) is 21.5. The van der Waals surface area contributed by atoms with Gasteiger partial charge in [0.2, 0.25) is 0 Å². The molecule has 0 heterocycles. The third-order valence-corrected chi connectivity index (χ3v) is 11.0. The Bertz CT molecular complexity index is 1950. The maximum absolute atomic E-state index is 13.8. The van der Waals surface area contributed by atoms with Crippen LogP contribution in [0, 0.1) is 61.4 Å². The fourth-order valence-electron chi connectivity index (χ4n) is 4.55. The van der Waals surface area contributed by atoms with Crippen LogP contribution in [0.5, 0.6) is 0 Å². The zero-order chi connectivity index (χ0) is 38.3. The van der Waals surface area contributed by atoms with Crippen molar-refractivity contribution in [3.63, 3.8) is 0 Å². The van der Waals surface area contributed by atoms with Crippen LogP contribution in [-0.4, -0.2) is 29.9 Å². The normalized spacial score (nSPS) is 12.4. The van der Waals surface area contributed by atoms with E-state index in [2.05, 4.69) is 24.3 Å². The summed E-state index contributed by atoms with van der Waals surface area (Å²) in [4.78, 5) is 0.109. The Hall–Kier alpha value is -4.23. The molecule has 4 aromatic carbocycles. The van der Waals surface area contributed by atoms with Crippen LogP contribution >= 0.6 is 0 Å². The molecular weight excluding hydrogens is 760 g/mol. The summed E-state index contributed by atoms with van der Waals surface area (Å²) in [5, 5.41) is 0. The zero-order valence-corrected chi connectivity index (χ0v) is 32.8. The van der Waals surface area contributed by atoms with Crippen molar-refractivity contribution in [3.8, 4) is 0 Å². The minimum absolute atomic E-state index is 0. The van der Waals surface area contributed by atoms with Gasteiger partial charge in [-0.3, -0.25) is 12.2 Å². The van der Waals surface area contributed by atoms with Gasteiger partial charge in [0.1, 0.15) is 0 Å². The van der Waals surface area contributed by atoms with Gasteiger partial charge in [-0.15, -0.1) is 49.2 Å². The van der Waals surface area contributed by atoms with Crippen molar-refractivity contribution < 1.29 is 56.1 Å². The average molecular weight is 799 g/mol. The summed E-state index contributed by atoms with van der Waals surface area (Å²) in [6, 6.07) is 20.3. The van der Waals surface area contributed by atoms with Crippen LogP contribution in [0.1, 0.15) is 37.8 Å². The van der Waals surface area contributed by atoms with Crippen molar-refractivity contribution in [2.45, 2.75) is 50.3 Å². The first kappa shape index (κ1) is 44.9. The Morgan fingerprint density at radius 2 is 0.906 bits per heavy atom. The monoisotopic (exact) mass is 798 g/mol. The van der Waals surface area contributed by atoms with Crippen molar-refractivity contribution in [2.75, 3.05) is 21.7 Å². The molecule has 0 bridgehead atoms. The Morgan fingerprint density at radius 3 is 1.13 bits per heavy atom. The number of anilines is 2. The van der Waals surface area contributed by atoms with Crippen molar-refractivity contribution in [1.29, 1.82) is 0 Å². The molecule has 0 unspecified atom stereocenters. The first-order chi connectivity index (χ1) is 24.7. The first-order valence-electron chi connectivity index (χ1n) is 16.1. The smallest absolute Gasteiger partial charge is 0.317 e. The van der Waals surface area contributed by atoms with Gasteiger partial charge in [0.15, 0.2) is 0 Å². The number of aryl methyl sites for hydroxylation is 2.